The number of nitrogens with zero attached hydrogens (tertiary/aromatic N) is 3. The van der Waals surface area contributed by atoms with Gasteiger partial charge in [-0.15, -0.1) is 5.10 Å². The second-order valence-electron chi connectivity index (χ2n) is 8.82. The summed E-state index contributed by atoms with van der Waals surface area (Å²) < 4.78 is 40.1. The molecule has 1 fully saturated rings. The van der Waals surface area contributed by atoms with Crippen molar-refractivity contribution in [2.45, 2.75) is 31.5 Å². The molecule has 0 saturated carbocycles. The Morgan fingerprint density at radius 2 is 1.57 bits per heavy atom. The molecule has 5 nitrogen and oxygen atoms in total. The number of aliphatic hydroxyl groups excluding tert-OH is 1. The maximum atomic E-state index is 12.9. The van der Waals surface area contributed by atoms with Crippen molar-refractivity contribution in [3.05, 3.63) is 89.6 Å². The molecule has 3 aromatic carbocycles. The SMILES string of the molecule is OCc1cc(-c2ccc(C3CCNCC3)cc2)cc(-n2cc(-c3ccc(C(F)(F)F)cc3)nn2)c1. The summed E-state index contributed by atoms with van der Waals surface area (Å²) in [5.74, 6) is 0.573. The third-order valence-corrected chi connectivity index (χ3v) is 6.48. The van der Waals surface area contributed by atoms with Gasteiger partial charge in [0, 0.05) is 5.56 Å². The molecule has 0 bridgehead atoms. The van der Waals surface area contributed by atoms with Gasteiger partial charge in [0.2, 0.25) is 0 Å². The van der Waals surface area contributed by atoms with Gasteiger partial charge in [-0.25, -0.2) is 4.68 Å². The second-order valence-corrected chi connectivity index (χ2v) is 8.82. The number of aromatic nitrogens is 3. The minimum absolute atomic E-state index is 0.130. The Labute approximate surface area is 201 Å². The molecule has 1 aliphatic rings. The van der Waals surface area contributed by atoms with Gasteiger partial charge in [0.25, 0.3) is 0 Å². The lowest BCUT2D eigenvalue weighted by molar-refractivity contribution is -0.137. The summed E-state index contributed by atoms with van der Waals surface area (Å²) in [5.41, 5.74) is 5.03. The van der Waals surface area contributed by atoms with Crippen molar-refractivity contribution in [1.82, 2.24) is 20.3 Å². The lowest BCUT2D eigenvalue weighted by Crippen LogP contribution is -2.26. The smallest absolute Gasteiger partial charge is 0.392 e. The van der Waals surface area contributed by atoms with Crippen molar-refractivity contribution in [3.8, 4) is 28.1 Å². The highest BCUT2D eigenvalue weighted by Gasteiger charge is 2.30. The van der Waals surface area contributed by atoms with Gasteiger partial charge >= 0.3 is 6.18 Å². The van der Waals surface area contributed by atoms with Crippen molar-refractivity contribution >= 4 is 0 Å². The van der Waals surface area contributed by atoms with Crippen molar-refractivity contribution in [2.24, 2.45) is 0 Å². The second kappa shape index (κ2) is 9.64. The summed E-state index contributed by atoms with van der Waals surface area (Å²) >= 11 is 0. The summed E-state index contributed by atoms with van der Waals surface area (Å²) in [6.45, 7) is 1.95. The van der Waals surface area contributed by atoms with E-state index < -0.39 is 11.7 Å². The molecule has 180 valence electrons. The van der Waals surface area contributed by atoms with Crippen molar-refractivity contribution in [1.29, 1.82) is 0 Å². The summed E-state index contributed by atoms with van der Waals surface area (Å²) in [5, 5.41) is 21.5. The highest BCUT2D eigenvalue weighted by molar-refractivity contribution is 5.68. The minimum Gasteiger partial charge on any atom is -0.392 e. The number of hydrogen-bond donors (Lipinski definition) is 2. The fraction of sp³-hybridized carbons (Fsp3) is 0.259. The van der Waals surface area contributed by atoms with E-state index in [9.17, 15) is 18.3 Å². The first-order valence-electron chi connectivity index (χ1n) is 11.6. The van der Waals surface area contributed by atoms with E-state index in [2.05, 4.69) is 39.9 Å². The summed E-state index contributed by atoms with van der Waals surface area (Å²) in [6, 6.07) is 19.1. The molecule has 1 saturated heterocycles. The highest BCUT2D eigenvalue weighted by Crippen LogP contribution is 2.32. The molecular formula is C27H25F3N4O. The lowest BCUT2D eigenvalue weighted by atomic mass is 9.89. The van der Waals surface area contributed by atoms with Gasteiger partial charge in [0.15, 0.2) is 0 Å². The van der Waals surface area contributed by atoms with Crippen LogP contribution in [0, 0.1) is 0 Å². The van der Waals surface area contributed by atoms with Gasteiger partial charge in [-0.2, -0.15) is 13.2 Å². The number of piperidine rings is 1. The largest absolute Gasteiger partial charge is 0.416 e. The maximum absolute atomic E-state index is 12.9. The van der Waals surface area contributed by atoms with E-state index in [0.717, 1.165) is 54.8 Å². The predicted molar refractivity (Wildman–Crippen MR) is 128 cm³/mol. The van der Waals surface area contributed by atoms with Crippen LogP contribution in [0.15, 0.2) is 72.9 Å². The van der Waals surface area contributed by atoms with E-state index in [4.69, 9.17) is 0 Å². The Balaban J connectivity index is 1.42. The monoisotopic (exact) mass is 478 g/mol. The third-order valence-electron chi connectivity index (χ3n) is 6.48. The van der Waals surface area contributed by atoms with Crippen molar-refractivity contribution in [2.75, 3.05) is 13.1 Å². The number of nitrogens with one attached hydrogen (secondary N) is 1. The predicted octanol–water partition coefficient (Wildman–Crippen LogP) is 5.58. The first kappa shape index (κ1) is 23.3. The van der Waals surface area contributed by atoms with Gasteiger partial charge in [-0.05, 0) is 84.4 Å². The van der Waals surface area contributed by atoms with Crippen molar-refractivity contribution in [3.63, 3.8) is 0 Å². The maximum Gasteiger partial charge on any atom is 0.416 e. The lowest BCUT2D eigenvalue weighted by Gasteiger charge is -2.23. The quantitative estimate of drug-likeness (QED) is 0.393. The van der Waals surface area contributed by atoms with E-state index in [1.54, 1.807) is 10.9 Å². The summed E-state index contributed by atoms with van der Waals surface area (Å²) in [7, 11) is 0. The highest BCUT2D eigenvalue weighted by atomic mass is 19.4. The number of aliphatic hydroxyl groups is 1. The van der Waals surface area contributed by atoms with Crippen LogP contribution < -0.4 is 5.32 Å². The molecule has 0 aliphatic carbocycles. The van der Waals surface area contributed by atoms with Gasteiger partial charge in [0.05, 0.1) is 24.1 Å². The number of alkyl halides is 3. The standard InChI is InChI=1S/C27H25F3N4O/c28-27(29,30)24-7-5-22(6-8-24)26-16-34(33-32-26)25-14-18(17-35)13-23(15-25)20-3-1-19(2-4-20)21-9-11-31-12-10-21/h1-8,13-16,21,31,35H,9-12,17H2. The molecule has 0 unspecified atom stereocenters. The molecule has 35 heavy (non-hydrogen) atoms. The van der Waals surface area contributed by atoms with Crippen LogP contribution in [0.1, 0.15) is 35.4 Å². The molecule has 0 radical (unpaired) electrons. The first-order chi connectivity index (χ1) is 16.9. The molecule has 0 spiro atoms. The van der Waals surface area contributed by atoms with Gasteiger partial charge < -0.3 is 10.4 Å². The molecule has 8 heteroatoms. The number of halogens is 3. The van der Waals surface area contributed by atoms with E-state index >= 15 is 0 Å². The average Bonchev–Trinajstić information content (AvgIpc) is 3.39. The molecule has 1 aromatic heterocycles. The fourth-order valence-electron chi connectivity index (χ4n) is 4.52. The molecule has 1 aliphatic heterocycles. The van der Waals surface area contributed by atoms with Crippen LogP contribution >= 0.6 is 0 Å². The fourth-order valence-corrected chi connectivity index (χ4v) is 4.52. The van der Waals surface area contributed by atoms with Crippen LogP contribution in [0.5, 0.6) is 0 Å². The van der Waals surface area contributed by atoms with Crippen LogP contribution in [0.3, 0.4) is 0 Å². The van der Waals surface area contributed by atoms with Crippen LogP contribution in [0.4, 0.5) is 13.2 Å². The van der Waals surface area contributed by atoms with E-state index in [-0.39, 0.29) is 6.61 Å². The third kappa shape index (κ3) is 5.13. The van der Waals surface area contributed by atoms with Crippen molar-refractivity contribution < 1.29 is 18.3 Å². The van der Waals surface area contributed by atoms with E-state index in [0.29, 0.717) is 22.9 Å². The van der Waals surface area contributed by atoms with Crippen LogP contribution in [-0.4, -0.2) is 33.2 Å². The zero-order valence-corrected chi connectivity index (χ0v) is 19.0. The number of benzene rings is 3. The zero-order chi connectivity index (χ0) is 24.4. The normalized spacial score (nSPS) is 14.9. The Kier molecular flexibility index (Phi) is 6.40. The molecule has 4 aromatic rings. The van der Waals surface area contributed by atoms with E-state index in [1.807, 2.05) is 18.2 Å². The number of rotatable bonds is 5. The molecular weight excluding hydrogens is 453 g/mol. The van der Waals surface area contributed by atoms with Gasteiger partial charge in [-0.3, -0.25) is 0 Å². The van der Waals surface area contributed by atoms with Crippen LogP contribution in [-0.2, 0) is 12.8 Å². The molecule has 2 heterocycles. The Bertz CT molecular complexity index is 1290. The van der Waals surface area contributed by atoms with E-state index in [1.165, 1.54) is 17.7 Å². The first-order valence-corrected chi connectivity index (χ1v) is 11.6. The summed E-state index contributed by atoms with van der Waals surface area (Å²) in [4.78, 5) is 0. The topological polar surface area (TPSA) is 63.0 Å². The zero-order valence-electron chi connectivity index (χ0n) is 19.0. The van der Waals surface area contributed by atoms with Crippen LogP contribution in [0.25, 0.3) is 28.1 Å². The molecule has 5 rings (SSSR count). The van der Waals surface area contributed by atoms with Gasteiger partial charge in [0.1, 0.15) is 5.69 Å². The summed E-state index contributed by atoms with van der Waals surface area (Å²) in [6.07, 6.45) is -0.444. The van der Waals surface area contributed by atoms with Crippen LogP contribution in [0.2, 0.25) is 0 Å². The average molecular weight is 479 g/mol. The Morgan fingerprint density at radius 1 is 0.886 bits per heavy atom. The minimum atomic E-state index is -4.39. The number of hydrogen-bond acceptors (Lipinski definition) is 4. The molecule has 2 N–H and O–H groups in total. The Hall–Kier alpha value is -3.49. The molecule has 0 amide bonds. The Morgan fingerprint density at radius 3 is 2.23 bits per heavy atom. The van der Waals surface area contributed by atoms with Gasteiger partial charge in [-0.1, -0.05) is 41.6 Å². The molecule has 0 atom stereocenters.